The Morgan fingerprint density at radius 1 is 1.31 bits per heavy atom. The van der Waals surface area contributed by atoms with Gasteiger partial charge in [0.1, 0.15) is 18.3 Å². The molecule has 138 valence electrons. The number of benzene rings is 1. The van der Waals surface area contributed by atoms with Gasteiger partial charge in [0.15, 0.2) is 0 Å². The van der Waals surface area contributed by atoms with Crippen molar-refractivity contribution < 1.29 is 14.3 Å². The van der Waals surface area contributed by atoms with Gasteiger partial charge >= 0.3 is 5.97 Å². The first-order chi connectivity index (χ1) is 12.6. The highest BCUT2D eigenvalue weighted by Crippen LogP contribution is 2.25. The number of hydrogen-bond donors (Lipinski definition) is 0. The van der Waals surface area contributed by atoms with Crippen molar-refractivity contribution in [2.24, 2.45) is 0 Å². The molecule has 0 unspecified atom stereocenters. The van der Waals surface area contributed by atoms with Crippen LogP contribution in [0.4, 0.5) is 0 Å². The van der Waals surface area contributed by atoms with E-state index in [1.807, 2.05) is 30.5 Å². The third kappa shape index (κ3) is 4.68. The van der Waals surface area contributed by atoms with Gasteiger partial charge in [-0.2, -0.15) is 0 Å². The van der Waals surface area contributed by atoms with Crippen molar-refractivity contribution >= 4 is 46.1 Å². The zero-order valence-electron chi connectivity index (χ0n) is 14.7. The van der Waals surface area contributed by atoms with E-state index in [9.17, 15) is 9.59 Å². The topological polar surface area (TPSA) is 59.5 Å². The summed E-state index contributed by atoms with van der Waals surface area (Å²) in [4.78, 5) is 31.2. The number of carbonyl (C=O) groups is 2. The largest absolute Gasteiger partial charge is 0.459 e. The highest BCUT2D eigenvalue weighted by atomic mass is 35.5. The van der Waals surface area contributed by atoms with Gasteiger partial charge in [-0.05, 0) is 37.3 Å². The van der Waals surface area contributed by atoms with Crippen LogP contribution in [0.2, 0.25) is 5.15 Å². The van der Waals surface area contributed by atoms with Crippen LogP contribution in [0, 0.1) is 0 Å². The van der Waals surface area contributed by atoms with Gasteiger partial charge in [-0.25, -0.2) is 4.98 Å². The van der Waals surface area contributed by atoms with Crippen molar-refractivity contribution in [3.63, 3.8) is 0 Å². The molecule has 5 nitrogen and oxygen atoms in total. The zero-order chi connectivity index (χ0) is 18.5. The Morgan fingerprint density at radius 3 is 2.96 bits per heavy atom. The fourth-order valence-electron chi connectivity index (χ4n) is 2.96. The van der Waals surface area contributed by atoms with E-state index < -0.39 is 5.97 Å². The minimum Gasteiger partial charge on any atom is -0.459 e. The monoisotopic (exact) mass is 392 g/mol. The molecule has 2 heterocycles. The Balaban J connectivity index is 1.64. The molecule has 0 radical (unpaired) electrons. The highest BCUT2D eigenvalue weighted by Gasteiger charge is 2.20. The molecule has 1 amide bonds. The van der Waals surface area contributed by atoms with Gasteiger partial charge in [-0.15, -0.1) is 11.8 Å². The van der Waals surface area contributed by atoms with Crippen LogP contribution in [0.25, 0.3) is 10.9 Å². The fourth-order valence-corrected chi connectivity index (χ4v) is 3.59. The Labute approximate surface area is 162 Å². The van der Waals surface area contributed by atoms with Crippen LogP contribution in [-0.2, 0) is 20.9 Å². The van der Waals surface area contributed by atoms with Crippen LogP contribution in [0.15, 0.2) is 29.2 Å². The number of ether oxygens (including phenoxy) is 1. The van der Waals surface area contributed by atoms with Gasteiger partial charge in [0, 0.05) is 28.8 Å². The van der Waals surface area contributed by atoms with Gasteiger partial charge in [-0.3, -0.25) is 9.59 Å². The number of pyridine rings is 1. The lowest BCUT2D eigenvalue weighted by molar-refractivity contribution is -0.150. The van der Waals surface area contributed by atoms with Crippen molar-refractivity contribution in [2.45, 2.75) is 37.2 Å². The predicted octanol–water partition coefficient (Wildman–Crippen LogP) is 4.06. The molecular weight excluding hydrogens is 372 g/mol. The quantitative estimate of drug-likeness (QED) is 0.436. The molecule has 0 spiro atoms. The number of thioether (sulfide) groups is 1. The SMILES string of the molecule is CSc1ccc2cc(COC(=O)CN3CCCCCC3=O)c(Cl)nc2c1. The molecule has 0 aliphatic carbocycles. The van der Waals surface area contributed by atoms with E-state index in [2.05, 4.69) is 4.98 Å². The van der Waals surface area contributed by atoms with Crippen LogP contribution in [0.3, 0.4) is 0 Å². The molecule has 0 atom stereocenters. The molecule has 1 aliphatic rings. The van der Waals surface area contributed by atoms with Gasteiger partial charge in [-0.1, -0.05) is 24.1 Å². The zero-order valence-corrected chi connectivity index (χ0v) is 16.2. The Kier molecular flexibility index (Phi) is 6.38. The number of likely N-dealkylation sites (tertiary alicyclic amines) is 1. The molecule has 1 aliphatic heterocycles. The van der Waals surface area contributed by atoms with Crippen LogP contribution >= 0.6 is 23.4 Å². The smallest absolute Gasteiger partial charge is 0.325 e. The third-order valence-corrected chi connectivity index (χ3v) is 5.48. The molecular formula is C19H21ClN2O3S. The fraction of sp³-hybridized carbons (Fsp3) is 0.421. The minimum absolute atomic E-state index is 0.00541. The van der Waals surface area contributed by atoms with Crippen molar-refractivity contribution in [3.8, 4) is 0 Å². The average Bonchev–Trinajstić information content (AvgIpc) is 2.84. The summed E-state index contributed by atoms with van der Waals surface area (Å²) in [5.74, 6) is -0.399. The summed E-state index contributed by atoms with van der Waals surface area (Å²) in [5.41, 5.74) is 1.47. The molecule has 2 aromatic rings. The molecule has 1 fully saturated rings. The summed E-state index contributed by atoms with van der Waals surface area (Å²) in [6.45, 7) is 0.658. The molecule has 7 heteroatoms. The Morgan fingerprint density at radius 2 is 2.15 bits per heavy atom. The summed E-state index contributed by atoms with van der Waals surface area (Å²) >= 11 is 7.89. The number of fused-ring (bicyclic) bond motifs is 1. The van der Waals surface area contributed by atoms with Gasteiger partial charge in [0.25, 0.3) is 0 Å². The summed E-state index contributed by atoms with van der Waals surface area (Å²) in [6, 6.07) is 7.86. The summed E-state index contributed by atoms with van der Waals surface area (Å²) < 4.78 is 5.33. The Hall–Kier alpha value is -1.79. The maximum atomic E-state index is 12.1. The normalized spacial score (nSPS) is 15.2. The second-order valence-corrected chi connectivity index (χ2v) is 7.52. The molecule has 26 heavy (non-hydrogen) atoms. The van der Waals surface area contributed by atoms with Gasteiger partial charge in [0.05, 0.1) is 5.52 Å². The first kappa shape index (κ1) is 19.0. The molecule has 1 aromatic heterocycles. The number of nitrogens with zero attached hydrogens (tertiary/aromatic N) is 2. The molecule has 0 saturated carbocycles. The van der Waals surface area contributed by atoms with E-state index >= 15 is 0 Å². The predicted molar refractivity (Wildman–Crippen MR) is 103 cm³/mol. The van der Waals surface area contributed by atoms with E-state index in [0.29, 0.717) is 23.7 Å². The Bertz CT molecular complexity index is 828. The number of rotatable bonds is 5. The first-order valence-corrected chi connectivity index (χ1v) is 10.2. The highest BCUT2D eigenvalue weighted by molar-refractivity contribution is 7.98. The standard InChI is InChI=1S/C19H21ClN2O3S/c1-26-15-7-6-13-9-14(19(20)21-16(13)10-15)12-25-18(24)11-22-8-4-2-3-5-17(22)23/h6-7,9-10H,2-5,8,11-12H2,1H3. The lowest BCUT2D eigenvalue weighted by atomic mass is 10.2. The van der Waals surface area contributed by atoms with E-state index in [1.54, 1.807) is 16.7 Å². The van der Waals surface area contributed by atoms with Crippen LogP contribution < -0.4 is 0 Å². The lowest BCUT2D eigenvalue weighted by Gasteiger charge is -2.19. The number of esters is 1. The van der Waals surface area contributed by atoms with E-state index in [1.165, 1.54) is 0 Å². The molecule has 0 N–H and O–H groups in total. The van der Waals surface area contributed by atoms with Crippen molar-refractivity contribution in [2.75, 3.05) is 19.3 Å². The summed E-state index contributed by atoms with van der Waals surface area (Å²) in [7, 11) is 0. The maximum Gasteiger partial charge on any atom is 0.325 e. The molecule has 1 aromatic carbocycles. The molecule has 3 rings (SSSR count). The van der Waals surface area contributed by atoms with E-state index in [4.69, 9.17) is 16.3 Å². The molecule has 0 bridgehead atoms. The minimum atomic E-state index is -0.422. The number of amides is 1. The summed E-state index contributed by atoms with van der Waals surface area (Å²) in [5, 5.41) is 1.27. The van der Waals surface area contributed by atoms with Crippen molar-refractivity contribution in [1.29, 1.82) is 0 Å². The van der Waals surface area contributed by atoms with Gasteiger partial charge in [0.2, 0.25) is 5.91 Å². The number of hydrogen-bond acceptors (Lipinski definition) is 5. The summed E-state index contributed by atoms with van der Waals surface area (Å²) in [6.07, 6.45) is 5.35. The van der Waals surface area contributed by atoms with Crippen LogP contribution in [0.1, 0.15) is 31.2 Å². The number of aromatic nitrogens is 1. The molecule has 1 saturated heterocycles. The first-order valence-electron chi connectivity index (χ1n) is 8.63. The number of halogens is 1. The van der Waals surface area contributed by atoms with Gasteiger partial charge < -0.3 is 9.64 Å². The lowest BCUT2D eigenvalue weighted by Crippen LogP contribution is -2.35. The van der Waals surface area contributed by atoms with E-state index in [0.717, 1.165) is 35.1 Å². The van der Waals surface area contributed by atoms with Crippen molar-refractivity contribution in [3.05, 3.63) is 35.0 Å². The average molecular weight is 393 g/mol. The second-order valence-electron chi connectivity index (χ2n) is 6.28. The van der Waals surface area contributed by atoms with E-state index in [-0.39, 0.29) is 19.1 Å². The van der Waals surface area contributed by atoms with Crippen LogP contribution in [0.5, 0.6) is 0 Å². The van der Waals surface area contributed by atoms with Crippen molar-refractivity contribution in [1.82, 2.24) is 9.88 Å². The third-order valence-electron chi connectivity index (χ3n) is 4.43. The number of carbonyl (C=O) groups excluding carboxylic acids is 2. The van der Waals surface area contributed by atoms with Crippen LogP contribution in [-0.4, -0.2) is 41.1 Å². The second kappa shape index (κ2) is 8.73. The maximum absolute atomic E-state index is 12.1.